The fourth-order valence-corrected chi connectivity index (χ4v) is 3.09. The van der Waals surface area contributed by atoms with E-state index in [-0.39, 0.29) is 36.2 Å². The number of halogens is 2. The first-order chi connectivity index (χ1) is 8.79. The number of hydrogen-bond acceptors (Lipinski definition) is 4. The lowest BCUT2D eigenvalue weighted by Crippen LogP contribution is -2.46. The average molecular weight is 405 g/mol. The third-order valence-corrected chi connectivity index (χ3v) is 4.97. The SMILES string of the molecule is CSC(NC(=O)C(C)C)C(I)N(F)CCNC(C)=O. The van der Waals surface area contributed by atoms with Crippen LogP contribution in [0.25, 0.3) is 0 Å². The monoisotopic (exact) mass is 405 g/mol. The van der Waals surface area contributed by atoms with Gasteiger partial charge in [0.05, 0.1) is 0 Å². The molecule has 0 aromatic heterocycles. The molecule has 0 spiro atoms. The molecule has 112 valence electrons. The Hall–Kier alpha value is -0.0900. The lowest BCUT2D eigenvalue weighted by atomic mass is 10.2. The molecule has 0 aromatic rings. The Labute approximate surface area is 131 Å². The molecule has 5 nitrogen and oxygen atoms in total. The second-order valence-corrected chi connectivity index (χ2v) is 6.55. The highest BCUT2D eigenvalue weighted by Gasteiger charge is 2.26. The van der Waals surface area contributed by atoms with Crippen LogP contribution >= 0.6 is 34.4 Å². The van der Waals surface area contributed by atoms with Gasteiger partial charge in [-0.15, -0.1) is 21.4 Å². The predicted molar refractivity (Wildman–Crippen MR) is 84.6 cm³/mol. The van der Waals surface area contributed by atoms with Crippen molar-refractivity contribution in [1.82, 2.24) is 15.8 Å². The van der Waals surface area contributed by atoms with Crippen LogP contribution in [-0.4, -0.2) is 45.7 Å². The summed E-state index contributed by atoms with van der Waals surface area (Å²) in [6.07, 6.45) is 1.82. The number of amides is 2. The van der Waals surface area contributed by atoms with E-state index in [4.69, 9.17) is 0 Å². The Morgan fingerprint density at radius 2 is 2.00 bits per heavy atom. The zero-order valence-corrected chi connectivity index (χ0v) is 14.5. The Morgan fingerprint density at radius 3 is 2.42 bits per heavy atom. The van der Waals surface area contributed by atoms with Crippen molar-refractivity contribution in [2.75, 3.05) is 19.3 Å². The second-order valence-electron chi connectivity index (χ2n) is 4.30. The van der Waals surface area contributed by atoms with Gasteiger partial charge in [0.15, 0.2) is 0 Å². The van der Waals surface area contributed by atoms with Crippen molar-refractivity contribution >= 4 is 46.2 Å². The van der Waals surface area contributed by atoms with Crippen molar-refractivity contribution in [3.8, 4) is 0 Å². The predicted octanol–water partition coefficient (Wildman–Crippen LogP) is 1.53. The molecule has 0 saturated carbocycles. The number of nitrogens with one attached hydrogen (secondary N) is 2. The van der Waals surface area contributed by atoms with Crippen LogP contribution in [0.3, 0.4) is 0 Å². The molecular formula is C11H21FIN3O2S. The summed E-state index contributed by atoms with van der Waals surface area (Å²) in [6, 6.07) is 0. The highest BCUT2D eigenvalue weighted by atomic mass is 127. The summed E-state index contributed by atoms with van der Waals surface area (Å²) < 4.78 is 13.3. The maximum atomic E-state index is 13.8. The van der Waals surface area contributed by atoms with Crippen LogP contribution in [-0.2, 0) is 9.59 Å². The first-order valence-corrected chi connectivity index (χ1v) is 8.47. The number of alkyl halides is 1. The largest absolute Gasteiger partial charge is 0.355 e. The van der Waals surface area contributed by atoms with Crippen molar-refractivity contribution in [2.24, 2.45) is 5.92 Å². The highest BCUT2D eigenvalue weighted by molar-refractivity contribution is 14.1. The lowest BCUT2D eigenvalue weighted by molar-refractivity contribution is -0.124. The normalized spacial score (nSPS) is 14.3. The Balaban J connectivity index is 4.28. The molecule has 0 rings (SSSR count). The number of thioether (sulfide) groups is 1. The number of nitrogens with zero attached hydrogens (tertiary/aromatic N) is 1. The number of rotatable bonds is 8. The third kappa shape index (κ3) is 7.93. The molecule has 19 heavy (non-hydrogen) atoms. The molecule has 2 unspecified atom stereocenters. The van der Waals surface area contributed by atoms with E-state index in [1.807, 2.05) is 28.8 Å². The van der Waals surface area contributed by atoms with Crippen LogP contribution < -0.4 is 10.6 Å². The van der Waals surface area contributed by atoms with Crippen LogP contribution in [0.1, 0.15) is 20.8 Å². The number of hydrogen-bond donors (Lipinski definition) is 2. The fourth-order valence-electron chi connectivity index (χ4n) is 1.16. The summed E-state index contributed by atoms with van der Waals surface area (Å²) in [6.45, 7) is 5.29. The first-order valence-electron chi connectivity index (χ1n) is 5.93. The van der Waals surface area contributed by atoms with Crippen LogP contribution in [0.5, 0.6) is 0 Å². The number of carbonyl (C=O) groups is 2. The van der Waals surface area contributed by atoms with Gasteiger partial charge in [-0.2, -0.15) is 0 Å². The molecule has 8 heteroatoms. The quantitative estimate of drug-likeness (QED) is 0.212. The van der Waals surface area contributed by atoms with E-state index < -0.39 is 4.05 Å². The molecule has 2 atom stereocenters. The second kappa shape index (κ2) is 9.76. The summed E-state index contributed by atoms with van der Waals surface area (Å²) in [4.78, 5) is 22.3. The van der Waals surface area contributed by atoms with Crippen molar-refractivity contribution < 1.29 is 14.1 Å². The van der Waals surface area contributed by atoms with E-state index in [1.54, 1.807) is 13.8 Å². The topological polar surface area (TPSA) is 61.4 Å². The van der Waals surface area contributed by atoms with E-state index in [1.165, 1.54) is 18.7 Å². The molecule has 0 aliphatic carbocycles. The molecule has 0 bridgehead atoms. The Bertz CT molecular complexity index is 308. The Kier molecular flexibility index (Phi) is 9.71. The van der Waals surface area contributed by atoms with Gasteiger partial charge < -0.3 is 10.6 Å². The van der Waals surface area contributed by atoms with Crippen molar-refractivity contribution in [3.63, 3.8) is 0 Å². The molecule has 0 saturated heterocycles. The smallest absolute Gasteiger partial charge is 0.223 e. The molecule has 2 amide bonds. The van der Waals surface area contributed by atoms with Crippen LogP contribution in [0.15, 0.2) is 0 Å². The maximum Gasteiger partial charge on any atom is 0.223 e. The van der Waals surface area contributed by atoms with E-state index >= 15 is 0 Å². The van der Waals surface area contributed by atoms with Crippen molar-refractivity contribution in [1.29, 1.82) is 0 Å². The van der Waals surface area contributed by atoms with Gasteiger partial charge >= 0.3 is 0 Å². The fraction of sp³-hybridized carbons (Fsp3) is 0.818. The minimum Gasteiger partial charge on any atom is -0.355 e. The molecule has 0 aliphatic rings. The first kappa shape index (κ1) is 18.9. The van der Waals surface area contributed by atoms with Gasteiger partial charge in [0.25, 0.3) is 0 Å². The number of carbonyl (C=O) groups excluding carboxylic acids is 2. The molecule has 0 fully saturated rings. The molecule has 0 aliphatic heterocycles. The van der Waals surface area contributed by atoms with Gasteiger partial charge in [-0.05, 0) is 6.26 Å². The van der Waals surface area contributed by atoms with Gasteiger partial charge in [0.1, 0.15) is 9.42 Å². The zero-order valence-electron chi connectivity index (χ0n) is 11.6. The molecule has 0 radical (unpaired) electrons. The highest BCUT2D eigenvalue weighted by Crippen LogP contribution is 2.20. The van der Waals surface area contributed by atoms with Gasteiger partial charge in [-0.1, -0.05) is 36.4 Å². The van der Waals surface area contributed by atoms with E-state index in [0.717, 1.165) is 0 Å². The summed E-state index contributed by atoms with van der Waals surface area (Å²) in [5.41, 5.74) is 0. The molecular weight excluding hydrogens is 384 g/mol. The zero-order chi connectivity index (χ0) is 15.0. The van der Waals surface area contributed by atoms with Gasteiger partial charge in [0.2, 0.25) is 11.8 Å². The van der Waals surface area contributed by atoms with Crippen LogP contribution in [0.2, 0.25) is 0 Å². The molecule has 0 aromatic carbocycles. The van der Waals surface area contributed by atoms with Crippen LogP contribution in [0, 0.1) is 5.92 Å². The summed E-state index contributed by atoms with van der Waals surface area (Å²) >= 11 is 3.33. The standard InChI is InChI=1S/C11H21FIN3O2S/c1-7(2)10(18)15-11(19-4)9(13)16(12)6-5-14-8(3)17/h7,9,11H,5-6H2,1-4H3,(H,14,17)(H,15,18). The van der Waals surface area contributed by atoms with E-state index in [9.17, 15) is 14.1 Å². The van der Waals surface area contributed by atoms with Crippen molar-refractivity contribution in [2.45, 2.75) is 30.2 Å². The van der Waals surface area contributed by atoms with Gasteiger partial charge in [0, 0.05) is 25.9 Å². The third-order valence-electron chi connectivity index (χ3n) is 2.28. The minimum absolute atomic E-state index is 0.0851. The van der Waals surface area contributed by atoms with E-state index in [0.29, 0.717) is 5.12 Å². The van der Waals surface area contributed by atoms with E-state index in [2.05, 4.69) is 10.6 Å². The molecule has 2 N–H and O–H groups in total. The lowest BCUT2D eigenvalue weighted by Gasteiger charge is -2.27. The summed E-state index contributed by atoms with van der Waals surface area (Å²) in [5.74, 6) is -0.421. The summed E-state index contributed by atoms with van der Waals surface area (Å²) in [7, 11) is 0. The maximum absolute atomic E-state index is 13.8. The van der Waals surface area contributed by atoms with Gasteiger partial charge in [-0.3, -0.25) is 9.59 Å². The van der Waals surface area contributed by atoms with Crippen LogP contribution in [0.4, 0.5) is 4.48 Å². The minimum atomic E-state index is -0.496. The Morgan fingerprint density at radius 1 is 1.42 bits per heavy atom. The van der Waals surface area contributed by atoms with Crippen molar-refractivity contribution in [3.05, 3.63) is 0 Å². The molecule has 0 heterocycles. The summed E-state index contributed by atoms with van der Waals surface area (Å²) in [5, 5.41) is 5.61. The van der Waals surface area contributed by atoms with Gasteiger partial charge in [-0.25, -0.2) is 0 Å². The average Bonchev–Trinajstić information content (AvgIpc) is 2.33.